The number of carbonyl (C=O) groups is 1. The van der Waals surface area contributed by atoms with Crippen LogP contribution in [0, 0.1) is 23.6 Å². The van der Waals surface area contributed by atoms with Gasteiger partial charge in [-0.25, -0.2) is 4.39 Å². The van der Waals surface area contributed by atoms with E-state index in [1.54, 1.807) is 0 Å². The molecule has 0 saturated carbocycles. The Labute approximate surface area is 125 Å². The number of benzene rings is 1. The fraction of sp³-hybridized carbons (Fsp3) is 0.500. The van der Waals surface area contributed by atoms with Crippen LogP contribution in [0.25, 0.3) is 5.57 Å². The van der Waals surface area contributed by atoms with E-state index >= 15 is 0 Å². The number of ketones is 1. The van der Waals surface area contributed by atoms with Crippen molar-refractivity contribution in [2.24, 2.45) is 17.8 Å². The van der Waals surface area contributed by atoms with E-state index in [1.165, 1.54) is 17.7 Å². The fourth-order valence-electron chi connectivity index (χ4n) is 3.62. The van der Waals surface area contributed by atoms with Gasteiger partial charge in [0.05, 0.1) is 0 Å². The highest BCUT2D eigenvalue weighted by Crippen LogP contribution is 2.39. The predicted molar refractivity (Wildman–Crippen MR) is 82.3 cm³/mol. The number of nitrogens with zero attached hydrogens (tertiary/aromatic N) is 1. The number of carbonyl (C=O) groups excluding carboxylic acids is 1. The molecule has 1 aromatic carbocycles. The average molecular weight is 287 g/mol. The molecule has 2 bridgehead atoms. The number of piperidine rings is 1. The van der Waals surface area contributed by atoms with Gasteiger partial charge in [0, 0.05) is 30.8 Å². The van der Waals surface area contributed by atoms with E-state index in [-0.39, 0.29) is 23.6 Å². The molecule has 0 radical (unpaired) electrons. The number of hydrogen-bond donors (Lipinski definition) is 0. The lowest BCUT2D eigenvalue weighted by atomic mass is 9.72. The van der Waals surface area contributed by atoms with Gasteiger partial charge in [-0.15, -0.1) is 0 Å². The molecule has 3 rings (SSSR count). The minimum atomic E-state index is -0.213. The summed E-state index contributed by atoms with van der Waals surface area (Å²) in [6, 6.07) is 6.68. The van der Waals surface area contributed by atoms with Crippen molar-refractivity contribution in [2.75, 3.05) is 19.6 Å². The lowest BCUT2D eigenvalue weighted by Crippen LogP contribution is -2.47. The van der Waals surface area contributed by atoms with Crippen LogP contribution < -0.4 is 0 Å². The molecule has 0 aromatic heterocycles. The van der Waals surface area contributed by atoms with Crippen molar-refractivity contribution in [1.29, 1.82) is 0 Å². The van der Waals surface area contributed by atoms with E-state index < -0.39 is 0 Å². The molecule has 2 nitrogen and oxygen atoms in total. The average Bonchev–Trinajstić information content (AvgIpc) is 2.48. The highest BCUT2D eigenvalue weighted by molar-refractivity contribution is 5.86. The van der Waals surface area contributed by atoms with Gasteiger partial charge in [-0.2, -0.15) is 0 Å². The van der Waals surface area contributed by atoms with Gasteiger partial charge >= 0.3 is 0 Å². The van der Waals surface area contributed by atoms with Crippen LogP contribution in [0.2, 0.25) is 0 Å². The molecule has 1 saturated heterocycles. The molecule has 3 unspecified atom stereocenters. The second-order valence-corrected chi connectivity index (χ2v) is 6.48. The van der Waals surface area contributed by atoms with E-state index in [9.17, 15) is 9.18 Å². The summed E-state index contributed by atoms with van der Waals surface area (Å²) in [5.41, 5.74) is 2.29. The van der Waals surface area contributed by atoms with Crippen molar-refractivity contribution >= 4 is 11.4 Å². The summed E-state index contributed by atoms with van der Waals surface area (Å²) in [6.45, 7) is 6.86. The lowest BCUT2D eigenvalue weighted by molar-refractivity contribution is -0.128. The third kappa shape index (κ3) is 2.80. The number of hydrogen-bond acceptors (Lipinski definition) is 2. The molecule has 0 amide bonds. The van der Waals surface area contributed by atoms with Crippen LogP contribution in [0.3, 0.4) is 0 Å². The first-order valence-corrected chi connectivity index (χ1v) is 7.78. The Balaban J connectivity index is 1.92. The van der Waals surface area contributed by atoms with Gasteiger partial charge in [0.2, 0.25) is 0 Å². The molecule has 0 N–H and O–H groups in total. The van der Waals surface area contributed by atoms with Gasteiger partial charge in [-0.05, 0) is 36.2 Å². The van der Waals surface area contributed by atoms with Gasteiger partial charge < -0.3 is 0 Å². The normalized spacial score (nSPS) is 28.4. The SMILES string of the molecule is CC(C)C(=O)C1CCN2CC=C(c3ccc(F)cc3)C1C2. The first kappa shape index (κ1) is 14.5. The van der Waals surface area contributed by atoms with Crippen LogP contribution in [0.15, 0.2) is 30.3 Å². The number of halogens is 1. The maximum absolute atomic E-state index is 13.1. The maximum atomic E-state index is 13.1. The third-order valence-electron chi connectivity index (χ3n) is 4.78. The fourth-order valence-corrected chi connectivity index (χ4v) is 3.62. The third-order valence-corrected chi connectivity index (χ3v) is 4.78. The van der Waals surface area contributed by atoms with Crippen molar-refractivity contribution < 1.29 is 9.18 Å². The zero-order chi connectivity index (χ0) is 15.0. The molecule has 1 fully saturated rings. The number of fused-ring (bicyclic) bond motifs is 2. The molecule has 2 aliphatic heterocycles. The van der Waals surface area contributed by atoms with Gasteiger partial charge in [0.25, 0.3) is 0 Å². The Hall–Kier alpha value is -1.48. The predicted octanol–water partition coefficient (Wildman–Crippen LogP) is 3.39. The Morgan fingerprint density at radius 2 is 2.00 bits per heavy atom. The monoisotopic (exact) mass is 287 g/mol. The van der Waals surface area contributed by atoms with Gasteiger partial charge in [-0.1, -0.05) is 32.1 Å². The van der Waals surface area contributed by atoms with Gasteiger partial charge in [0.15, 0.2) is 0 Å². The quantitative estimate of drug-likeness (QED) is 0.849. The van der Waals surface area contributed by atoms with Crippen molar-refractivity contribution in [3.8, 4) is 0 Å². The first-order valence-electron chi connectivity index (χ1n) is 7.78. The largest absolute Gasteiger partial charge is 0.299 e. The van der Waals surface area contributed by atoms with Crippen LogP contribution in [-0.2, 0) is 4.79 Å². The molecular weight excluding hydrogens is 265 g/mol. The number of rotatable bonds is 3. The molecule has 2 aliphatic rings. The standard InChI is InChI=1S/C18H22FNO/c1-12(2)18(21)16-8-10-20-9-7-15(17(16)11-20)13-3-5-14(19)6-4-13/h3-7,12,16-17H,8-11H2,1-2H3. The smallest absolute Gasteiger partial charge is 0.139 e. The summed E-state index contributed by atoms with van der Waals surface area (Å²) in [6.07, 6.45) is 3.17. The van der Waals surface area contributed by atoms with Crippen LogP contribution in [-0.4, -0.2) is 30.3 Å². The lowest BCUT2D eigenvalue weighted by Gasteiger charge is -2.42. The second kappa shape index (κ2) is 5.72. The van der Waals surface area contributed by atoms with Crippen molar-refractivity contribution in [3.05, 3.63) is 41.7 Å². The van der Waals surface area contributed by atoms with Crippen LogP contribution in [0.1, 0.15) is 25.8 Å². The summed E-state index contributed by atoms with van der Waals surface area (Å²) < 4.78 is 13.1. The first-order chi connectivity index (χ1) is 10.1. The van der Waals surface area contributed by atoms with E-state index in [4.69, 9.17) is 0 Å². The maximum Gasteiger partial charge on any atom is 0.139 e. The van der Waals surface area contributed by atoms with Crippen molar-refractivity contribution in [1.82, 2.24) is 4.90 Å². The summed E-state index contributed by atoms with van der Waals surface area (Å²) in [4.78, 5) is 14.9. The minimum absolute atomic E-state index is 0.0814. The summed E-state index contributed by atoms with van der Waals surface area (Å²) in [7, 11) is 0. The van der Waals surface area contributed by atoms with E-state index in [0.717, 1.165) is 31.6 Å². The molecule has 1 aromatic rings. The van der Waals surface area contributed by atoms with Gasteiger partial charge in [-0.3, -0.25) is 9.69 Å². The van der Waals surface area contributed by atoms with Crippen LogP contribution >= 0.6 is 0 Å². The Morgan fingerprint density at radius 1 is 1.29 bits per heavy atom. The minimum Gasteiger partial charge on any atom is -0.299 e. The molecule has 3 heteroatoms. The molecule has 112 valence electrons. The molecule has 21 heavy (non-hydrogen) atoms. The topological polar surface area (TPSA) is 20.3 Å². The Bertz CT molecular complexity index is 561. The van der Waals surface area contributed by atoms with Gasteiger partial charge in [0.1, 0.15) is 11.6 Å². The molecule has 0 aliphatic carbocycles. The van der Waals surface area contributed by atoms with E-state index in [0.29, 0.717) is 5.78 Å². The van der Waals surface area contributed by atoms with Crippen LogP contribution in [0.4, 0.5) is 4.39 Å². The second-order valence-electron chi connectivity index (χ2n) is 6.48. The van der Waals surface area contributed by atoms with E-state index in [2.05, 4.69) is 11.0 Å². The van der Waals surface area contributed by atoms with Crippen molar-refractivity contribution in [3.63, 3.8) is 0 Å². The number of Topliss-reactive ketones (excluding diaryl/α,β-unsaturated/α-hetero) is 1. The molecular formula is C18H22FNO. The Morgan fingerprint density at radius 3 is 2.67 bits per heavy atom. The Kier molecular flexibility index (Phi) is 3.94. The van der Waals surface area contributed by atoms with Crippen molar-refractivity contribution in [2.45, 2.75) is 20.3 Å². The summed E-state index contributed by atoms with van der Waals surface area (Å²) in [5.74, 6) is 0.605. The van der Waals surface area contributed by atoms with E-state index in [1.807, 2.05) is 26.0 Å². The molecule has 2 heterocycles. The summed E-state index contributed by atoms with van der Waals surface area (Å²) >= 11 is 0. The van der Waals surface area contributed by atoms with Crippen LogP contribution in [0.5, 0.6) is 0 Å². The highest BCUT2D eigenvalue weighted by Gasteiger charge is 2.38. The molecule has 3 atom stereocenters. The zero-order valence-electron chi connectivity index (χ0n) is 12.7. The molecule has 0 spiro atoms. The highest BCUT2D eigenvalue weighted by atomic mass is 19.1. The summed E-state index contributed by atoms with van der Waals surface area (Å²) in [5, 5.41) is 0. The zero-order valence-corrected chi connectivity index (χ0v) is 12.7.